The lowest BCUT2D eigenvalue weighted by molar-refractivity contribution is -0.193. The molecular formula is C21H25F6N5O5. The van der Waals surface area contributed by atoms with Crippen molar-refractivity contribution in [1.82, 2.24) is 24.9 Å². The molecule has 0 bridgehead atoms. The maximum absolute atomic E-state index is 10.6. The van der Waals surface area contributed by atoms with Crippen molar-refractivity contribution in [3.8, 4) is 0 Å². The molecule has 2 aromatic heterocycles. The molecule has 1 saturated carbocycles. The molecule has 37 heavy (non-hydrogen) atoms. The Bertz CT molecular complexity index is 1000. The molecule has 16 heteroatoms. The number of hydrogen-bond acceptors (Lipinski definition) is 7. The summed E-state index contributed by atoms with van der Waals surface area (Å²) in [5.41, 5.74) is 3.69. The second-order valence-electron chi connectivity index (χ2n) is 8.20. The summed E-state index contributed by atoms with van der Waals surface area (Å²) in [7, 11) is 1.76. The van der Waals surface area contributed by atoms with Gasteiger partial charge in [0.2, 0.25) is 0 Å². The fourth-order valence-electron chi connectivity index (χ4n) is 3.39. The minimum Gasteiger partial charge on any atom is -0.475 e. The molecular weight excluding hydrogens is 516 g/mol. The van der Waals surface area contributed by atoms with E-state index in [0.717, 1.165) is 37.7 Å². The number of methoxy groups -OCH3 is 1. The van der Waals surface area contributed by atoms with Gasteiger partial charge < -0.3 is 14.9 Å². The van der Waals surface area contributed by atoms with Gasteiger partial charge in [-0.2, -0.15) is 26.3 Å². The molecule has 0 radical (unpaired) electrons. The Morgan fingerprint density at radius 1 is 1.05 bits per heavy atom. The summed E-state index contributed by atoms with van der Waals surface area (Å²) in [6.07, 6.45) is -2.78. The van der Waals surface area contributed by atoms with Crippen LogP contribution in [0.1, 0.15) is 35.8 Å². The van der Waals surface area contributed by atoms with E-state index in [1.807, 2.05) is 12.4 Å². The summed E-state index contributed by atoms with van der Waals surface area (Å²) < 4.78 is 71.1. The van der Waals surface area contributed by atoms with Crippen LogP contribution in [-0.2, 0) is 33.8 Å². The van der Waals surface area contributed by atoms with E-state index in [-0.39, 0.29) is 6.04 Å². The number of carboxylic acid groups (broad SMARTS) is 2. The van der Waals surface area contributed by atoms with E-state index in [9.17, 15) is 26.3 Å². The summed E-state index contributed by atoms with van der Waals surface area (Å²) in [6.45, 7) is 3.60. The molecule has 0 aromatic carbocycles. The van der Waals surface area contributed by atoms with Gasteiger partial charge in [-0.3, -0.25) is 9.88 Å². The molecule has 0 saturated heterocycles. The molecule has 4 rings (SSSR count). The van der Waals surface area contributed by atoms with Gasteiger partial charge in [0, 0.05) is 45.6 Å². The van der Waals surface area contributed by atoms with E-state index in [4.69, 9.17) is 24.5 Å². The number of pyridine rings is 1. The van der Waals surface area contributed by atoms with Gasteiger partial charge >= 0.3 is 24.3 Å². The molecule has 2 N–H and O–H groups in total. The standard InChI is InChI=1S/C17H23N5O.2C2HF3O2/c1-23-12-16-17-15(22(20-19-17)11-13-2-3-13)6-9-21(16)10-14-4-7-18-8-5-14;2*3-2(4,5)1(6)7/h4-5,7-8,13,16H,2-3,6,9-12H2,1H3;2*(H,6,7). The number of nitrogens with zero attached hydrogens (tertiary/aromatic N) is 5. The first-order chi connectivity index (χ1) is 17.2. The normalized spacial score (nSPS) is 17.5. The van der Waals surface area contributed by atoms with E-state index in [1.54, 1.807) is 7.11 Å². The van der Waals surface area contributed by atoms with Gasteiger partial charge in [-0.15, -0.1) is 5.10 Å². The van der Waals surface area contributed by atoms with Crippen LogP contribution in [0.15, 0.2) is 24.5 Å². The summed E-state index contributed by atoms with van der Waals surface area (Å²) in [5, 5.41) is 23.2. The van der Waals surface area contributed by atoms with Crippen molar-refractivity contribution in [2.24, 2.45) is 5.92 Å². The highest BCUT2D eigenvalue weighted by molar-refractivity contribution is 5.73. The number of aliphatic carboxylic acids is 2. The Hall–Kier alpha value is -3.27. The molecule has 1 unspecified atom stereocenters. The lowest BCUT2D eigenvalue weighted by Gasteiger charge is -2.34. The quantitative estimate of drug-likeness (QED) is 0.530. The number of rotatable bonds is 6. The molecule has 2 aromatic rings. The first kappa shape index (κ1) is 30.0. The maximum Gasteiger partial charge on any atom is 0.490 e. The molecule has 2 aliphatic rings. The number of fused-ring (bicyclic) bond motifs is 1. The van der Waals surface area contributed by atoms with Crippen LogP contribution in [0.5, 0.6) is 0 Å². The average molecular weight is 541 g/mol. The Labute approximate surface area is 206 Å². The smallest absolute Gasteiger partial charge is 0.475 e. The first-order valence-electron chi connectivity index (χ1n) is 10.9. The lowest BCUT2D eigenvalue weighted by atomic mass is 10.0. The third-order valence-electron chi connectivity index (χ3n) is 5.33. The van der Waals surface area contributed by atoms with Crippen LogP contribution >= 0.6 is 0 Å². The SMILES string of the molecule is COCC1c2nnn(CC3CC3)c2CCN1Cc1ccncc1.O=C(O)C(F)(F)F.O=C(O)C(F)(F)F. The second-order valence-corrected chi connectivity index (χ2v) is 8.20. The van der Waals surface area contributed by atoms with Crippen LogP contribution in [0, 0.1) is 5.92 Å². The first-order valence-corrected chi connectivity index (χ1v) is 10.9. The van der Waals surface area contributed by atoms with Crippen LogP contribution in [0.4, 0.5) is 26.3 Å². The minimum absolute atomic E-state index is 0.185. The van der Waals surface area contributed by atoms with E-state index in [2.05, 4.69) is 37.0 Å². The Balaban J connectivity index is 0.000000286. The third-order valence-corrected chi connectivity index (χ3v) is 5.33. The number of carbonyl (C=O) groups is 2. The molecule has 0 amide bonds. The van der Waals surface area contributed by atoms with Gasteiger partial charge in [0.1, 0.15) is 5.69 Å². The zero-order valence-corrected chi connectivity index (χ0v) is 19.5. The monoisotopic (exact) mass is 541 g/mol. The Morgan fingerprint density at radius 2 is 1.59 bits per heavy atom. The van der Waals surface area contributed by atoms with E-state index in [1.165, 1.54) is 24.1 Å². The van der Waals surface area contributed by atoms with Gasteiger partial charge in [-0.05, 0) is 36.5 Å². The molecule has 3 heterocycles. The molecule has 0 spiro atoms. The third kappa shape index (κ3) is 9.60. The summed E-state index contributed by atoms with van der Waals surface area (Å²) >= 11 is 0. The van der Waals surface area contributed by atoms with Crippen molar-refractivity contribution in [2.75, 3.05) is 20.3 Å². The highest BCUT2D eigenvalue weighted by Crippen LogP contribution is 2.34. The number of halogens is 6. The maximum atomic E-state index is 10.6. The van der Waals surface area contributed by atoms with Crippen molar-refractivity contribution in [3.63, 3.8) is 0 Å². The largest absolute Gasteiger partial charge is 0.490 e. The van der Waals surface area contributed by atoms with Crippen LogP contribution in [-0.4, -0.2) is 79.6 Å². The number of hydrogen-bond donors (Lipinski definition) is 2. The van der Waals surface area contributed by atoms with Crippen LogP contribution in [0.3, 0.4) is 0 Å². The van der Waals surface area contributed by atoms with Crippen LogP contribution < -0.4 is 0 Å². The van der Waals surface area contributed by atoms with Crippen molar-refractivity contribution in [1.29, 1.82) is 0 Å². The van der Waals surface area contributed by atoms with Gasteiger partial charge in [0.25, 0.3) is 0 Å². The Morgan fingerprint density at radius 3 is 2.05 bits per heavy atom. The summed E-state index contributed by atoms with van der Waals surface area (Å²) in [6, 6.07) is 4.33. The molecule has 10 nitrogen and oxygen atoms in total. The lowest BCUT2D eigenvalue weighted by Crippen LogP contribution is -2.38. The van der Waals surface area contributed by atoms with Crippen molar-refractivity contribution >= 4 is 11.9 Å². The van der Waals surface area contributed by atoms with Crippen molar-refractivity contribution < 1.29 is 50.9 Å². The summed E-state index contributed by atoms with van der Waals surface area (Å²) in [5.74, 6) is -4.70. The average Bonchev–Trinajstić information content (AvgIpc) is 3.54. The predicted molar refractivity (Wildman–Crippen MR) is 113 cm³/mol. The fraction of sp³-hybridized carbons (Fsp3) is 0.571. The number of carboxylic acids is 2. The molecule has 1 aliphatic heterocycles. The highest BCUT2D eigenvalue weighted by atomic mass is 19.4. The topological polar surface area (TPSA) is 131 Å². The zero-order chi connectivity index (χ0) is 27.8. The molecule has 1 fully saturated rings. The Kier molecular flexibility index (Phi) is 10.4. The van der Waals surface area contributed by atoms with E-state index >= 15 is 0 Å². The number of alkyl halides is 6. The fourth-order valence-corrected chi connectivity index (χ4v) is 3.39. The van der Waals surface area contributed by atoms with Gasteiger partial charge in [-0.25, -0.2) is 14.3 Å². The van der Waals surface area contributed by atoms with Crippen molar-refractivity contribution in [3.05, 3.63) is 41.5 Å². The van der Waals surface area contributed by atoms with Crippen molar-refractivity contribution in [2.45, 2.75) is 50.7 Å². The number of aromatic nitrogens is 4. The van der Waals surface area contributed by atoms with Gasteiger partial charge in [0.15, 0.2) is 0 Å². The van der Waals surface area contributed by atoms with Gasteiger partial charge in [0.05, 0.1) is 18.3 Å². The second kappa shape index (κ2) is 12.8. The summed E-state index contributed by atoms with van der Waals surface area (Å²) in [4.78, 5) is 24.3. The molecule has 1 aliphatic carbocycles. The molecule has 206 valence electrons. The van der Waals surface area contributed by atoms with Crippen LogP contribution in [0.25, 0.3) is 0 Å². The predicted octanol–water partition coefficient (Wildman–Crippen LogP) is 3.10. The molecule has 1 atom stereocenters. The van der Waals surface area contributed by atoms with E-state index < -0.39 is 24.3 Å². The highest BCUT2D eigenvalue weighted by Gasteiger charge is 2.39. The zero-order valence-electron chi connectivity index (χ0n) is 19.5. The number of ether oxygens (including phenoxy) is 1. The van der Waals surface area contributed by atoms with E-state index in [0.29, 0.717) is 6.61 Å². The van der Waals surface area contributed by atoms with Gasteiger partial charge in [-0.1, -0.05) is 5.21 Å². The minimum atomic E-state index is -5.08. The van der Waals surface area contributed by atoms with Crippen LogP contribution in [0.2, 0.25) is 0 Å².